The molecule has 1 aromatic carbocycles. The van der Waals surface area contributed by atoms with Crippen molar-refractivity contribution in [1.82, 2.24) is 4.90 Å². The molecule has 3 aliphatic rings. The molecule has 2 saturated carbocycles. The third-order valence-corrected chi connectivity index (χ3v) is 8.21. The third-order valence-electron chi connectivity index (χ3n) is 6.60. The predicted molar refractivity (Wildman–Crippen MR) is 140 cm³/mol. The van der Waals surface area contributed by atoms with Crippen molar-refractivity contribution >= 4 is 44.8 Å². The molecule has 1 amide bonds. The van der Waals surface area contributed by atoms with Gasteiger partial charge in [-0.05, 0) is 79.4 Å². The van der Waals surface area contributed by atoms with E-state index in [1.54, 1.807) is 11.8 Å². The molecule has 33 heavy (non-hydrogen) atoms. The molecular weight excluding hydrogens is 500 g/mol. The van der Waals surface area contributed by atoms with Gasteiger partial charge in [-0.25, -0.2) is 0 Å². The normalized spacial score (nSPS) is 23.0. The zero-order chi connectivity index (χ0) is 23.2. The molecule has 2 aliphatic carbocycles. The van der Waals surface area contributed by atoms with Gasteiger partial charge in [0.25, 0.3) is 5.91 Å². The van der Waals surface area contributed by atoms with Crippen LogP contribution in [0.5, 0.6) is 11.5 Å². The highest BCUT2D eigenvalue weighted by Gasteiger charge is 2.39. The SMILES string of the molecule is CCOc1cc(OCC)c(C=C2SC(=NC3CCCCC3)N(C3CCCCC3)C2=O)cc1Br. The first-order valence-corrected chi connectivity index (χ1v) is 14.1. The van der Waals surface area contributed by atoms with Crippen LogP contribution in [0.1, 0.15) is 83.6 Å². The van der Waals surface area contributed by atoms with E-state index < -0.39 is 0 Å². The molecule has 1 heterocycles. The van der Waals surface area contributed by atoms with Crippen LogP contribution in [0.4, 0.5) is 0 Å². The summed E-state index contributed by atoms with van der Waals surface area (Å²) < 4.78 is 12.5. The van der Waals surface area contributed by atoms with Crippen LogP contribution in [0.15, 0.2) is 26.5 Å². The first-order chi connectivity index (χ1) is 16.1. The van der Waals surface area contributed by atoms with Gasteiger partial charge >= 0.3 is 0 Å². The molecule has 0 aromatic heterocycles. The summed E-state index contributed by atoms with van der Waals surface area (Å²) in [6.07, 6.45) is 13.8. The van der Waals surface area contributed by atoms with Crippen LogP contribution in [-0.4, -0.2) is 41.3 Å². The molecule has 1 aromatic rings. The Labute approximate surface area is 210 Å². The quantitative estimate of drug-likeness (QED) is 0.347. The van der Waals surface area contributed by atoms with Crippen LogP contribution in [0.3, 0.4) is 0 Å². The average Bonchev–Trinajstić information content (AvgIpc) is 3.12. The van der Waals surface area contributed by atoms with Crippen molar-refractivity contribution in [3.63, 3.8) is 0 Å². The fourth-order valence-electron chi connectivity index (χ4n) is 4.95. The smallest absolute Gasteiger partial charge is 0.267 e. The van der Waals surface area contributed by atoms with Gasteiger partial charge in [-0.15, -0.1) is 0 Å². The molecule has 180 valence electrons. The highest BCUT2D eigenvalue weighted by atomic mass is 79.9. The Morgan fingerprint density at radius 2 is 1.64 bits per heavy atom. The standard InChI is InChI=1S/C26H35BrN2O3S/c1-3-31-22-17-23(32-4-2)21(27)15-18(22)16-24-25(30)29(20-13-9-6-10-14-20)26(33-24)28-19-11-7-5-8-12-19/h15-17,19-20H,3-14H2,1-2H3. The minimum absolute atomic E-state index is 0.0916. The van der Waals surface area contributed by atoms with Crippen molar-refractivity contribution in [3.05, 3.63) is 27.1 Å². The molecule has 0 unspecified atom stereocenters. The maximum Gasteiger partial charge on any atom is 0.267 e. The van der Waals surface area contributed by atoms with E-state index in [0.29, 0.717) is 19.3 Å². The number of carbonyl (C=O) groups excluding carboxylic acids is 1. The van der Waals surface area contributed by atoms with Crippen molar-refractivity contribution in [3.8, 4) is 11.5 Å². The van der Waals surface area contributed by atoms with Crippen LogP contribution >= 0.6 is 27.7 Å². The summed E-state index contributed by atoms with van der Waals surface area (Å²) in [4.78, 5) is 21.5. The van der Waals surface area contributed by atoms with Gasteiger partial charge in [0.15, 0.2) is 5.17 Å². The number of ether oxygens (including phenoxy) is 2. The zero-order valence-electron chi connectivity index (χ0n) is 19.8. The summed E-state index contributed by atoms with van der Waals surface area (Å²) >= 11 is 5.16. The second kappa shape index (κ2) is 11.8. The fourth-order valence-corrected chi connectivity index (χ4v) is 6.53. The number of nitrogens with zero attached hydrogens (tertiary/aromatic N) is 2. The molecule has 0 radical (unpaired) electrons. The van der Waals surface area contributed by atoms with Crippen LogP contribution in [0.2, 0.25) is 0 Å². The maximum absolute atomic E-state index is 13.7. The van der Waals surface area contributed by atoms with Crippen LogP contribution in [0, 0.1) is 0 Å². The Bertz CT molecular complexity index is 905. The highest BCUT2D eigenvalue weighted by Crippen LogP contribution is 2.41. The largest absolute Gasteiger partial charge is 0.493 e. The van der Waals surface area contributed by atoms with Crippen molar-refractivity contribution in [1.29, 1.82) is 0 Å². The van der Waals surface area contributed by atoms with E-state index in [4.69, 9.17) is 14.5 Å². The van der Waals surface area contributed by atoms with Crippen LogP contribution in [0.25, 0.3) is 6.08 Å². The molecule has 0 N–H and O–H groups in total. The lowest BCUT2D eigenvalue weighted by molar-refractivity contribution is -0.124. The zero-order valence-corrected chi connectivity index (χ0v) is 22.2. The minimum atomic E-state index is 0.0916. The summed E-state index contributed by atoms with van der Waals surface area (Å²) in [6.45, 7) is 5.06. The van der Waals surface area contributed by atoms with Gasteiger partial charge < -0.3 is 9.47 Å². The molecule has 3 fully saturated rings. The van der Waals surface area contributed by atoms with E-state index >= 15 is 0 Å². The Kier molecular flexibility index (Phi) is 8.80. The Hall–Kier alpha value is -1.47. The van der Waals surface area contributed by atoms with Gasteiger partial charge in [0, 0.05) is 17.7 Å². The Balaban J connectivity index is 1.67. The van der Waals surface area contributed by atoms with E-state index in [9.17, 15) is 4.79 Å². The van der Waals surface area contributed by atoms with Gasteiger partial charge in [-0.3, -0.25) is 14.7 Å². The highest BCUT2D eigenvalue weighted by molar-refractivity contribution is 9.10. The molecule has 1 aliphatic heterocycles. The molecule has 0 spiro atoms. The molecule has 0 atom stereocenters. The lowest BCUT2D eigenvalue weighted by Crippen LogP contribution is -2.41. The van der Waals surface area contributed by atoms with Gasteiger partial charge in [0.05, 0.1) is 28.6 Å². The lowest BCUT2D eigenvalue weighted by Gasteiger charge is -2.31. The van der Waals surface area contributed by atoms with E-state index in [-0.39, 0.29) is 11.9 Å². The first kappa shape index (κ1) is 24.6. The Morgan fingerprint density at radius 3 is 2.30 bits per heavy atom. The number of thioether (sulfide) groups is 1. The van der Waals surface area contributed by atoms with E-state index in [0.717, 1.165) is 57.3 Å². The van der Waals surface area contributed by atoms with Crippen LogP contribution < -0.4 is 9.47 Å². The molecule has 7 heteroatoms. The second-order valence-electron chi connectivity index (χ2n) is 8.97. The van der Waals surface area contributed by atoms with Crippen molar-refractivity contribution in [2.45, 2.75) is 90.1 Å². The van der Waals surface area contributed by atoms with Gasteiger partial charge in [0.2, 0.25) is 0 Å². The second-order valence-corrected chi connectivity index (χ2v) is 10.8. The number of carbonyl (C=O) groups is 1. The predicted octanol–water partition coefficient (Wildman–Crippen LogP) is 7.18. The average molecular weight is 536 g/mol. The monoisotopic (exact) mass is 534 g/mol. The number of aliphatic imine (C=N–C) groups is 1. The fraction of sp³-hybridized carbons (Fsp3) is 0.615. The third kappa shape index (κ3) is 5.97. The van der Waals surface area contributed by atoms with E-state index in [1.165, 1.54) is 38.5 Å². The summed E-state index contributed by atoms with van der Waals surface area (Å²) in [6, 6.07) is 4.50. The maximum atomic E-state index is 13.7. The van der Waals surface area contributed by atoms with Gasteiger partial charge in [-0.1, -0.05) is 38.5 Å². The lowest BCUT2D eigenvalue weighted by atomic mass is 9.94. The topological polar surface area (TPSA) is 51.1 Å². The van der Waals surface area contributed by atoms with Crippen molar-refractivity contribution in [2.75, 3.05) is 13.2 Å². The number of hydrogen-bond acceptors (Lipinski definition) is 5. The van der Waals surface area contributed by atoms with E-state index in [1.807, 2.05) is 37.0 Å². The molecular formula is C26H35BrN2O3S. The summed E-state index contributed by atoms with van der Waals surface area (Å²) in [5.74, 6) is 1.57. The Morgan fingerprint density at radius 1 is 1.00 bits per heavy atom. The summed E-state index contributed by atoms with van der Waals surface area (Å²) in [7, 11) is 0. The van der Waals surface area contributed by atoms with E-state index in [2.05, 4.69) is 15.9 Å². The van der Waals surface area contributed by atoms with Crippen molar-refractivity contribution in [2.24, 2.45) is 4.99 Å². The minimum Gasteiger partial charge on any atom is -0.493 e. The number of rotatable bonds is 7. The number of benzene rings is 1. The van der Waals surface area contributed by atoms with Gasteiger partial charge in [-0.2, -0.15) is 0 Å². The summed E-state index contributed by atoms with van der Waals surface area (Å²) in [5.41, 5.74) is 0.880. The molecule has 5 nitrogen and oxygen atoms in total. The number of hydrogen-bond donors (Lipinski definition) is 0. The van der Waals surface area contributed by atoms with Crippen LogP contribution in [-0.2, 0) is 4.79 Å². The van der Waals surface area contributed by atoms with Crippen molar-refractivity contribution < 1.29 is 14.3 Å². The molecule has 1 saturated heterocycles. The summed E-state index contributed by atoms with van der Waals surface area (Å²) in [5, 5.41) is 0.910. The number of amides is 1. The molecule has 4 rings (SSSR count). The number of halogens is 1. The van der Waals surface area contributed by atoms with Gasteiger partial charge in [0.1, 0.15) is 11.5 Å². The molecule has 0 bridgehead atoms. The first-order valence-electron chi connectivity index (χ1n) is 12.5. The number of amidine groups is 1.